The molecule has 172 valence electrons. The molecule has 0 saturated carbocycles. The van der Waals surface area contributed by atoms with Crippen molar-refractivity contribution < 1.29 is 9.18 Å². The molecular weight excluding hydrogens is 425 g/mol. The quantitative estimate of drug-likeness (QED) is 0.578. The summed E-state index contributed by atoms with van der Waals surface area (Å²) >= 11 is 0. The van der Waals surface area contributed by atoms with E-state index >= 15 is 0 Å². The minimum atomic E-state index is -0.692. The van der Waals surface area contributed by atoms with Crippen LogP contribution in [0.1, 0.15) is 40.2 Å². The van der Waals surface area contributed by atoms with E-state index in [0.717, 1.165) is 66.5 Å². The van der Waals surface area contributed by atoms with Crippen LogP contribution in [0.2, 0.25) is 0 Å². The van der Waals surface area contributed by atoms with Crippen molar-refractivity contribution in [1.82, 2.24) is 30.2 Å². The molecule has 0 aromatic carbocycles. The van der Waals surface area contributed by atoms with Crippen molar-refractivity contribution in [3.05, 3.63) is 57.3 Å². The van der Waals surface area contributed by atoms with Crippen molar-refractivity contribution in [1.29, 1.82) is 0 Å². The van der Waals surface area contributed by atoms with Crippen LogP contribution >= 0.6 is 0 Å². The van der Waals surface area contributed by atoms with Crippen LogP contribution in [0.25, 0.3) is 11.0 Å². The summed E-state index contributed by atoms with van der Waals surface area (Å²) in [7, 11) is 1.45. The average molecular weight is 452 g/mol. The van der Waals surface area contributed by atoms with Crippen LogP contribution in [-0.4, -0.2) is 64.0 Å². The first-order valence-electron chi connectivity index (χ1n) is 11.3. The summed E-state index contributed by atoms with van der Waals surface area (Å²) in [5.74, 6) is -1.39. The number of pyridine rings is 2. The SMILES string of the molecule is CNC(=O)c1ncc(N2CCN(Cc3cnc4c5c(c(=O)[nH]c4c3)CCCC5)CC2)c(F)n1. The first kappa shape index (κ1) is 21.4. The smallest absolute Gasteiger partial charge is 0.288 e. The van der Waals surface area contributed by atoms with E-state index in [1.54, 1.807) is 0 Å². The van der Waals surface area contributed by atoms with E-state index in [9.17, 15) is 14.0 Å². The summed E-state index contributed by atoms with van der Waals surface area (Å²) in [5.41, 5.74) is 5.05. The largest absolute Gasteiger partial charge is 0.364 e. The number of hydrogen-bond donors (Lipinski definition) is 2. The third-order valence-corrected chi connectivity index (χ3v) is 6.49. The van der Waals surface area contributed by atoms with Crippen LogP contribution in [-0.2, 0) is 19.4 Å². The molecule has 10 heteroatoms. The van der Waals surface area contributed by atoms with E-state index < -0.39 is 11.9 Å². The number of nitrogens with one attached hydrogen (secondary N) is 2. The Labute approximate surface area is 190 Å². The molecule has 1 saturated heterocycles. The number of carbonyl (C=O) groups is 1. The summed E-state index contributed by atoms with van der Waals surface area (Å²) in [4.78, 5) is 43.6. The van der Waals surface area contributed by atoms with Gasteiger partial charge in [0.25, 0.3) is 11.5 Å². The second-order valence-electron chi connectivity index (χ2n) is 8.57. The second kappa shape index (κ2) is 8.86. The third kappa shape index (κ3) is 4.18. The van der Waals surface area contributed by atoms with Crippen LogP contribution in [0, 0.1) is 5.95 Å². The number of carbonyl (C=O) groups excluding carboxylic acids is 1. The lowest BCUT2D eigenvalue weighted by Gasteiger charge is -2.35. The number of hydrogen-bond acceptors (Lipinski definition) is 7. The van der Waals surface area contributed by atoms with E-state index in [1.165, 1.54) is 13.2 Å². The Morgan fingerprint density at radius 1 is 1.12 bits per heavy atom. The molecule has 3 aromatic rings. The number of nitrogens with zero attached hydrogens (tertiary/aromatic N) is 5. The first-order chi connectivity index (χ1) is 16.0. The topological polar surface area (TPSA) is 107 Å². The maximum atomic E-state index is 14.5. The Kier molecular flexibility index (Phi) is 5.76. The van der Waals surface area contributed by atoms with Crippen molar-refractivity contribution >= 4 is 22.6 Å². The fourth-order valence-corrected chi connectivity index (χ4v) is 4.74. The van der Waals surface area contributed by atoms with Crippen LogP contribution in [0.3, 0.4) is 0 Å². The fraction of sp³-hybridized carbons (Fsp3) is 0.435. The molecule has 3 aromatic heterocycles. The van der Waals surface area contributed by atoms with E-state index in [2.05, 4.69) is 25.2 Å². The highest BCUT2D eigenvalue weighted by molar-refractivity contribution is 5.90. The number of rotatable bonds is 4. The maximum Gasteiger partial charge on any atom is 0.288 e. The molecule has 1 aliphatic heterocycles. The van der Waals surface area contributed by atoms with Gasteiger partial charge in [-0.2, -0.15) is 9.37 Å². The number of piperazine rings is 1. The molecule has 0 unspecified atom stereocenters. The Bertz CT molecular complexity index is 1270. The molecule has 0 radical (unpaired) electrons. The number of aromatic amines is 1. The van der Waals surface area contributed by atoms with Crippen molar-refractivity contribution in [2.75, 3.05) is 38.1 Å². The maximum absolute atomic E-state index is 14.5. The summed E-state index contributed by atoms with van der Waals surface area (Å²) in [6.07, 6.45) is 7.15. The Hall–Kier alpha value is -3.40. The van der Waals surface area contributed by atoms with Gasteiger partial charge in [0, 0.05) is 51.5 Å². The molecule has 1 aliphatic carbocycles. The summed E-state index contributed by atoms with van der Waals surface area (Å²) in [5, 5.41) is 2.39. The number of halogens is 1. The van der Waals surface area contributed by atoms with Crippen LogP contribution in [0.15, 0.2) is 23.3 Å². The van der Waals surface area contributed by atoms with E-state index in [4.69, 9.17) is 4.98 Å². The number of H-pyrrole nitrogens is 1. The first-order valence-corrected chi connectivity index (χ1v) is 11.3. The van der Waals surface area contributed by atoms with Gasteiger partial charge in [0.05, 0.1) is 17.2 Å². The molecule has 5 rings (SSSR count). The Morgan fingerprint density at radius 2 is 1.88 bits per heavy atom. The monoisotopic (exact) mass is 451 g/mol. The molecule has 2 N–H and O–H groups in total. The summed E-state index contributed by atoms with van der Waals surface area (Å²) < 4.78 is 14.5. The van der Waals surface area contributed by atoms with Gasteiger partial charge in [-0.15, -0.1) is 0 Å². The Balaban J connectivity index is 1.27. The van der Waals surface area contributed by atoms with Crippen LogP contribution < -0.4 is 15.8 Å². The van der Waals surface area contributed by atoms with Gasteiger partial charge < -0.3 is 15.2 Å². The zero-order chi connectivity index (χ0) is 22.9. The lowest BCUT2D eigenvalue weighted by atomic mass is 9.91. The second-order valence-corrected chi connectivity index (χ2v) is 8.57. The van der Waals surface area contributed by atoms with Gasteiger partial charge in [-0.25, -0.2) is 4.98 Å². The molecule has 2 aliphatic rings. The van der Waals surface area contributed by atoms with Gasteiger partial charge >= 0.3 is 0 Å². The number of aromatic nitrogens is 4. The number of aryl methyl sites for hydroxylation is 1. The fourth-order valence-electron chi connectivity index (χ4n) is 4.74. The van der Waals surface area contributed by atoms with Crippen molar-refractivity contribution in [2.45, 2.75) is 32.2 Å². The van der Waals surface area contributed by atoms with Gasteiger partial charge in [0.2, 0.25) is 11.8 Å². The van der Waals surface area contributed by atoms with Gasteiger partial charge in [0.1, 0.15) is 5.69 Å². The molecule has 9 nitrogen and oxygen atoms in total. The molecule has 0 spiro atoms. The Morgan fingerprint density at radius 3 is 2.61 bits per heavy atom. The van der Waals surface area contributed by atoms with E-state index in [0.29, 0.717) is 25.3 Å². The number of fused-ring (bicyclic) bond motifs is 3. The predicted molar refractivity (Wildman–Crippen MR) is 122 cm³/mol. The van der Waals surface area contributed by atoms with E-state index in [-0.39, 0.29) is 11.4 Å². The van der Waals surface area contributed by atoms with Crippen LogP contribution in [0.5, 0.6) is 0 Å². The molecule has 0 bridgehead atoms. The van der Waals surface area contributed by atoms with Crippen molar-refractivity contribution in [2.24, 2.45) is 0 Å². The normalized spacial score (nSPS) is 16.6. The zero-order valence-electron chi connectivity index (χ0n) is 18.5. The predicted octanol–water partition coefficient (Wildman–Crippen LogP) is 1.41. The molecular formula is C23H26FN7O2. The lowest BCUT2D eigenvalue weighted by molar-refractivity contribution is 0.0951. The molecule has 0 atom stereocenters. The minimum absolute atomic E-state index is 0.0106. The van der Waals surface area contributed by atoms with Gasteiger partial charge in [-0.1, -0.05) is 0 Å². The summed E-state index contributed by atoms with van der Waals surface area (Å²) in [6.45, 7) is 3.39. The summed E-state index contributed by atoms with van der Waals surface area (Å²) in [6, 6.07) is 2.02. The van der Waals surface area contributed by atoms with Gasteiger partial charge in [-0.3, -0.25) is 19.5 Å². The molecule has 33 heavy (non-hydrogen) atoms. The minimum Gasteiger partial charge on any atom is -0.364 e. The van der Waals surface area contributed by atoms with Gasteiger partial charge in [0.15, 0.2) is 0 Å². The van der Waals surface area contributed by atoms with Crippen LogP contribution in [0.4, 0.5) is 10.1 Å². The molecule has 1 amide bonds. The molecule has 4 heterocycles. The highest BCUT2D eigenvalue weighted by Crippen LogP contribution is 2.25. The number of amides is 1. The molecule has 1 fully saturated rings. The zero-order valence-corrected chi connectivity index (χ0v) is 18.5. The van der Waals surface area contributed by atoms with Crippen molar-refractivity contribution in [3.63, 3.8) is 0 Å². The number of anilines is 1. The van der Waals surface area contributed by atoms with Gasteiger partial charge in [-0.05, 0) is 42.9 Å². The van der Waals surface area contributed by atoms with E-state index in [1.807, 2.05) is 17.2 Å². The third-order valence-electron chi connectivity index (χ3n) is 6.49. The average Bonchev–Trinajstić information content (AvgIpc) is 2.84. The highest BCUT2D eigenvalue weighted by atomic mass is 19.1. The van der Waals surface area contributed by atoms with Crippen molar-refractivity contribution in [3.8, 4) is 0 Å². The standard InChI is InChI=1S/C23H26FN7O2/c1-25-23(33)21-27-12-18(20(24)29-21)31-8-6-30(7-9-31)13-14-10-17-19(26-11-14)15-4-2-3-5-16(15)22(32)28-17/h10-12H,2-9,13H2,1H3,(H,25,33)(H,28,32). The lowest BCUT2D eigenvalue weighted by Crippen LogP contribution is -2.46. The highest BCUT2D eigenvalue weighted by Gasteiger charge is 2.23.